The van der Waals surface area contributed by atoms with Crippen LogP contribution >= 0.6 is 11.8 Å². The summed E-state index contributed by atoms with van der Waals surface area (Å²) in [5.41, 5.74) is 12.2. The predicted molar refractivity (Wildman–Crippen MR) is 143 cm³/mol. The van der Waals surface area contributed by atoms with E-state index in [4.69, 9.17) is 26.4 Å². The van der Waals surface area contributed by atoms with E-state index in [1.165, 1.54) is 18.2 Å². The van der Waals surface area contributed by atoms with Gasteiger partial charge in [-0.3, -0.25) is 10.4 Å². The van der Waals surface area contributed by atoms with Gasteiger partial charge in [-0.1, -0.05) is 12.1 Å². The summed E-state index contributed by atoms with van der Waals surface area (Å²) < 4.78 is 42.9. The van der Waals surface area contributed by atoms with E-state index in [2.05, 4.69) is 9.98 Å². The number of nitrogens with one attached hydrogen (secondary N) is 1. The number of ether oxygens (including phenoxy) is 2. The van der Waals surface area contributed by atoms with Gasteiger partial charge in [0, 0.05) is 42.6 Å². The quantitative estimate of drug-likeness (QED) is 0.236. The van der Waals surface area contributed by atoms with E-state index in [0.717, 1.165) is 24.0 Å². The van der Waals surface area contributed by atoms with Gasteiger partial charge in [-0.2, -0.15) is 4.99 Å². The van der Waals surface area contributed by atoms with Crippen LogP contribution in [0.2, 0.25) is 0 Å². The molecule has 0 bridgehead atoms. The van der Waals surface area contributed by atoms with Crippen molar-refractivity contribution in [2.45, 2.75) is 17.2 Å². The second-order valence-electron chi connectivity index (χ2n) is 8.70. The molecule has 0 aromatic heterocycles. The number of halogens is 2. The molecule has 2 aliphatic heterocycles. The highest BCUT2D eigenvalue weighted by Crippen LogP contribution is 2.41. The molecule has 0 aliphatic carbocycles. The van der Waals surface area contributed by atoms with Gasteiger partial charge in [0.05, 0.1) is 13.2 Å². The first-order valence-electron chi connectivity index (χ1n) is 11.6. The average Bonchev–Trinajstić information content (AvgIpc) is 3.32. The number of aliphatic hydroxyl groups excluding tert-OH is 1. The van der Waals surface area contributed by atoms with E-state index < -0.39 is 35.5 Å². The summed E-state index contributed by atoms with van der Waals surface area (Å²) in [7, 11) is 1.92. The van der Waals surface area contributed by atoms with Crippen molar-refractivity contribution < 1.29 is 28.5 Å². The van der Waals surface area contributed by atoms with Gasteiger partial charge in [-0.25, -0.2) is 8.78 Å². The third-order valence-electron chi connectivity index (χ3n) is 5.71. The summed E-state index contributed by atoms with van der Waals surface area (Å²) in [6.45, 7) is 1.03. The second kappa shape index (κ2) is 11.4. The first-order chi connectivity index (χ1) is 18.1. The van der Waals surface area contributed by atoms with E-state index in [1.807, 2.05) is 18.0 Å². The average molecular weight is 547 g/mol. The lowest BCUT2D eigenvalue weighted by molar-refractivity contribution is 0.199. The van der Waals surface area contributed by atoms with E-state index >= 15 is 8.78 Å². The molecule has 7 N–H and O–H groups in total. The number of rotatable bonds is 9. The number of phenols is 1. The van der Waals surface area contributed by atoms with Crippen molar-refractivity contribution in [1.82, 2.24) is 4.90 Å². The van der Waals surface area contributed by atoms with Crippen molar-refractivity contribution in [2.24, 2.45) is 21.5 Å². The molecule has 2 aliphatic rings. The van der Waals surface area contributed by atoms with Crippen molar-refractivity contribution in [2.75, 3.05) is 32.5 Å². The van der Waals surface area contributed by atoms with E-state index in [1.54, 1.807) is 18.2 Å². The number of aromatic hydroxyl groups is 1. The molecule has 2 aromatic carbocycles. The molecule has 38 heavy (non-hydrogen) atoms. The number of thioether (sulfide) groups is 1. The molecule has 2 aromatic rings. The predicted octanol–water partition coefficient (Wildman–Crippen LogP) is 2.14. The third-order valence-corrected chi connectivity index (χ3v) is 7.08. The maximum absolute atomic E-state index is 16.0. The molecule has 202 valence electrons. The van der Waals surface area contributed by atoms with Gasteiger partial charge in [0.25, 0.3) is 0 Å². The first kappa shape index (κ1) is 27.4. The van der Waals surface area contributed by atoms with Gasteiger partial charge in [0.1, 0.15) is 17.4 Å². The summed E-state index contributed by atoms with van der Waals surface area (Å²) in [6.07, 6.45) is -1.53. The number of nitrogens with zero attached hydrogens (tertiary/aromatic N) is 3. The van der Waals surface area contributed by atoms with Gasteiger partial charge < -0.3 is 36.1 Å². The number of aliphatic hydroxyl groups is 1. The van der Waals surface area contributed by atoms with Crippen molar-refractivity contribution >= 4 is 29.3 Å². The number of nitrogens with two attached hydrogens (primary N) is 2. The van der Waals surface area contributed by atoms with Crippen LogP contribution in [0, 0.1) is 5.41 Å². The number of alkyl halides is 2. The molecule has 0 spiro atoms. The van der Waals surface area contributed by atoms with Crippen LogP contribution in [-0.2, 0) is 0 Å². The van der Waals surface area contributed by atoms with Crippen molar-refractivity contribution in [3.63, 3.8) is 0 Å². The zero-order chi connectivity index (χ0) is 27.4. The zero-order valence-corrected chi connectivity index (χ0v) is 21.3. The van der Waals surface area contributed by atoms with Crippen LogP contribution in [0.4, 0.5) is 8.78 Å². The maximum Gasteiger partial charge on any atom is 0.237 e. The fourth-order valence-corrected chi connectivity index (χ4v) is 4.68. The third kappa shape index (κ3) is 6.06. The number of phenolic OH excluding ortho intramolecular Hbond substituents is 1. The smallest absolute Gasteiger partial charge is 0.237 e. The minimum Gasteiger partial charge on any atom is -0.504 e. The SMILES string of the molecule is CN1CCN=C1c1cccc(OC2=CC(F)(SCC(N)CO)C(F)C(Oc3cc(C(=N)N)ccc3O)=N2)c1. The number of benzene rings is 2. The van der Waals surface area contributed by atoms with Gasteiger partial charge in [-0.05, 0) is 30.3 Å². The van der Waals surface area contributed by atoms with E-state index in [-0.39, 0.29) is 28.8 Å². The van der Waals surface area contributed by atoms with Crippen LogP contribution in [0.15, 0.2) is 64.4 Å². The van der Waals surface area contributed by atoms with Crippen LogP contribution < -0.4 is 20.9 Å². The summed E-state index contributed by atoms with van der Waals surface area (Å²) in [5.74, 6) is -1.02. The highest BCUT2D eigenvalue weighted by molar-refractivity contribution is 8.00. The Kier molecular flexibility index (Phi) is 8.19. The lowest BCUT2D eigenvalue weighted by atomic mass is 10.1. The lowest BCUT2D eigenvalue weighted by Crippen LogP contribution is -2.43. The summed E-state index contributed by atoms with van der Waals surface area (Å²) in [5, 5.41) is 24.3. The second-order valence-corrected chi connectivity index (χ2v) is 9.95. The number of nitrogen functional groups attached to an aromatic ring is 1. The van der Waals surface area contributed by atoms with Crippen LogP contribution in [0.1, 0.15) is 11.1 Å². The fourth-order valence-electron chi connectivity index (χ4n) is 3.68. The first-order valence-corrected chi connectivity index (χ1v) is 12.6. The van der Waals surface area contributed by atoms with Gasteiger partial charge in [0.15, 0.2) is 11.5 Å². The number of hydrogen-bond donors (Lipinski definition) is 5. The molecule has 0 radical (unpaired) electrons. The Balaban J connectivity index is 1.67. The normalized spacial score (nSPS) is 21.9. The van der Waals surface area contributed by atoms with E-state index in [9.17, 15) is 10.2 Å². The van der Waals surface area contributed by atoms with Crippen molar-refractivity contribution in [1.29, 1.82) is 5.41 Å². The fraction of sp³-hybridized carbons (Fsp3) is 0.320. The number of hydrogen-bond acceptors (Lipinski definition) is 10. The Morgan fingerprint density at radius 2 is 2.11 bits per heavy atom. The molecule has 0 fully saturated rings. The minimum atomic E-state index is -2.72. The highest BCUT2D eigenvalue weighted by atomic mass is 32.2. The van der Waals surface area contributed by atoms with Crippen molar-refractivity contribution in [3.8, 4) is 17.2 Å². The zero-order valence-electron chi connectivity index (χ0n) is 20.5. The Hall–Kier alpha value is -3.68. The van der Waals surface area contributed by atoms with Crippen LogP contribution in [0.3, 0.4) is 0 Å². The molecule has 4 rings (SSSR count). The largest absolute Gasteiger partial charge is 0.504 e. The molecule has 13 heteroatoms. The topological polar surface area (TPSA) is 163 Å². The number of likely N-dealkylation sites (N-methyl/N-ethyl adjacent to an activating group) is 1. The van der Waals surface area contributed by atoms with Crippen LogP contribution in [0.5, 0.6) is 17.2 Å². The molecule has 3 atom stereocenters. The van der Waals surface area contributed by atoms with Gasteiger partial charge in [-0.15, -0.1) is 11.8 Å². The molecular weight excluding hydrogens is 518 g/mol. The standard InChI is InChI=1S/C25H28F2N6O4S/c1-33-8-7-31-23(33)15-3-2-4-17(9-15)36-20-11-25(27,38-13-16(28)12-34)21(26)24(32-20)37-19-10-14(22(29)30)5-6-18(19)35/h2-6,9-11,16,21,34-35H,7-8,12-13,28H2,1H3,(H3,29,30). The number of amidine groups is 2. The highest BCUT2D eigenvalue weighted by Gasteiger charge is 2.47. The Bertz CT molecular complexity index is 1310. The Morgan fingerprint density at radius 1 is 1.32 bits per heavy atom. The maximum atomic E-state index is 16.0. The molecular formula is C25H28F2N6O4S. The van der Waals surface area contributed by atoms with Gasteiger partial charge >= 0.3 is 0 Å². The van der Waals surface area contributed by atoms with E-state index in [0.29, 0.717) is 24.1 Å². The van der Waals surface area contributed by atoms with Gasteiger partial charge in [0.2, 0.25) is 23.0 Å². The molecule has 3 unspecified atom stereocenters. The Morgan fingerprint density at radius 3 is 2.79 bits per heavy atom. The molecule has 0 saturated carbocycles. The molecule has 2 heterocycles. The van der Waals surface area contributed by atoms with Crippen molar-refractivity contribution in [3.05, 3.63) is 65.6 Å². The number of aliphatic imine (C=N–C) groups is 2. The van der Waals surface area contributed by atoms with Crippen LogP contribution in [0.25, 0.3) is 0 Å². The monoisotopic (exact) mass is 546 g/mol. The molecule has 10 nitrogen and oxygen atoms in total. The summed E-state index contributed by atoms with van der Waals surface area (Å²) in [4.78, 5) is 10.5. The summed E-state index contributed by atoms with van der Waals surface area (Å²) >= 11 is 0.519. The summed E-state index contributed by atoms with van der Waals surface area (Å²) in [6, 6.07) is 9.94. The molecule has 0 amide bonds. The lowest BCUT2D eigenvalue weighted by Gasteiger charge is -2.30. The minimum absolute atomic E-state index is 0.114. The Labute approximate surface area is 222 Å². The molecule has 0 saturated heterocycles. The van der Waals surface area contributed by atoms with Crippen LogP contribution in [-0.4, -0.2) is 82.4 Å².